The van der Waals surface area contributed by atoms with E-state index in [9.17, 15) is 14.4 Å². The fourth-order valence-corrected chi connectivity index (χ4v) is 2.17. The Hall–Kier alpha value is -1.59. The van der Waals surface area contributed by atoms with E-state index in [1.807, 2.05) is 0 Å². The van der Waals surface area contributed by atoms with E-state index >= 15 is 0 Å². The van der Waals surface area contributed by atoms with Crippen molar-refractivity contribution in [3.8, 4) is 0 Å². The molecule has 0 aromatic heterocycles. The van der Waals surface area contributed by atoms with Gasteiger partial charge in [0.1, 0.15) is 0 Å². The molecule has 2 amide bonds. The molecule has 0 spiro atoms. The minimum atomic E-state index is -0.764. The Morgan fingerprint density at radius 2 is 1.50 bits per heavy atom. The third-order valence-corrected chi connectivity index (χ3v) is 3.25. The number of amides is 2. The molecular formula is C12H20N2O4. The van der Waals surface area contributed by atoms with Gasteiger partial charge in [-0.05, 0) is 25.7 Å². The van der Waals surface area contributed by atoms with Crippen molar-refractivity contribution in [2.24, 2.45) is 11.8 Å². The predicted molar refractivity (Wildman–Crippen MR) is 64.8 cm³/mol. The number of nitrogens with one attached hydrogen (secondary N) is 2. The summed E-state index contributed by atoms with van der Waals surface area (Å²) in [5.74, 6) is -1.30. The van der Waals surface area contributed by atoms with Gasteiger partial charge in [-0.25, -0.2) is 0 Å². The molecule has 0 aromatic carbocycles. The summed E-state index contributed by atoms with van der Waals surface area (Å²) in [5, 5.41) is 14.2. The molecule has 0 radical (unpaired) electrons. The minimum absolute atomic E-state index is 0.0378. The molecule has 0 atom stereocenters. The van der Waals surface area contributed by atoms with Gasteiger partial charge in [-0.15, -0.1) is 0 Å². The molecular weight excluding hydrogens is 236 g/mol. The van der Waals surface area contributed by atoms with Crippen LogP contribution in [0.3, 0.4) is 0 Å². The second kappa shape index (κ2) is 6.98. The number of hydrogen-bond donors (Lipinski definition) is 3. The highest BCUT2D eigenvalue weighted by molar-refractivity contribution is 5.79. The quantitative estimate of drug-likeness (QED) is 0.609. The molecule has 102 valence electrons. The van der Waals surface area contributed by atoms with Crippen LogP contribution in [0.2, 0.25) is 0 Å². The van der Waals surface area contributed by atoms with Crippen LogP contribution >= 0.6 is 0 Å². The van der Waals surface area contributed by atoms with Crippen LogP contribution in [0.4, 0.5) is 0 Å². The van der Waals surface area contributed by atoms with Crippen LogP contribution in [0.1, 0.15) is 32.6 Å². The molecule has 1 aliphatic rings. The molecule has 1 rings (SSSR count). The molecule has 0 unspecified atom stereocenters. The zero-order valence-corrected chi connectivity index (χ0v) is 10.6. The van der Waals surface area contributed by atoms with Gasteiger partial charge in [-0.2, -0.15) is 0 Å². The standard InChI is InChI=1S/C12H20N2O4/c1-8(15)13-6-7-14-11(16)9-2-4-10(5-3-9)12(17)18/h9-10H,2-7H2,1H3,(H,13,15)(H,14,16)(H,17,18). The number of carboxylic acids is 1. The summed E-state index contributed by atoms with van der Waals surface area (Å²) >= 11 is 0. The van der Waals surface area contributed by atoms with E-state index in [2.05, 4.69) is 10.6 Å². The third-order valence-electron chi connectivity index (χ3n) is 3.25. The van der Waals surface area contributed by atoms with Crippen molar-refractivity contribution in [2.75, 3.05) is 13.1 Å². The summed E-state index contributed by atoms with van der Waals surface area (Å²) in [4.78, 5) is 33.1. The Morgan fingerprint density at radius 1 is 1.00 bits per heavy atom. The Kier molecular flexibility index (Phi) is 5.61. The minimum Gasteiger partial charge on any atom is -0.481 e. The predicted octanol–water partition coefficient (Wildman–Crippen LogP) is 0.130. The molecule has 6 nitrogen and oxygen atoms in total. The smallest absolute Gasteiger partial charge is 0.306 e. The zero-order valence-electron chi connectivity index (χ0n) is 10.6. The number of carbonyl (C=O) groups excluding carboxylic acids is 2. The maximum absolute atomic E-state index is 11.7. The summed E-state index contributed by atoms with van der Waals surface area (Å²) in [5.41, 5.74) is 0. The van der Waals surface area contributed by atoms with Crippen LogP contribution in [0.15, 0.2) is 0 Å². The van der Waals surface area contributed by atoms with Gasteiger partial charge in [0, 0.05) is 25.9 Å². The Morgan fingerprint density at radius 3 is 2.00 bits per heavy atom. The van der Waals surface area contributed by atoms with Gasteiger partial charge < -0.3 is 15.7 Å². The van der Waals surface area contributed by atoms with Gasteiger partial charge in [0.05, 0.1) is 5.92 Å². The van der Waals surface area contributed by atoms with Crippen LogP contribution in [0.5, 0.6) is 0 Å². The van der Waals surface area contributed by atoms with Crippen LogP contribution in [0, 0.1) is 11.8 Å². The first-order chi connectivity index (χ1) is 8.50. The van der Waals surface area contributed by atoms with Crippen molar-refractivity contribution in [1.29, 1.82) is 0 Å². The molecule has 0 aliphatic heterocycles. The highest BCUT2D eigenvalue weighted by Crippen LogP contribution is 2.28. The molecule has 1 saturated carbocycles. The van der Waals surface area contributed by atoms with E-state index in [4.69, 9.17) is 5.11 Å². The largest absolute Gasteiger partial charge is 0.481 e. The van der Waals surface area contributed by atoms with Gasteiger partial charge in [-0.3, -0.25) is 14.4 Å². The Balaban J connectivity index is 2.20. The van der Waals surface area contributed by atoms with Crippen LogP contribution in [0.25, 0.3) is 0 Å². The monoisotopic (exact) mass is 256 g/mol. The average molecular weight is 256 g/mol. The number of carbonyl (C=O) groups is 3. The van der Waals surface area contributed by atoms with Gasteiger partial charge in [0.25, 0.3) is 0 Å². The first-order valence-electron chi connectivity index (χ1n) is 6.25. The number of rotatable bonds is 5. The maximum atomic E-state index is 11.7. The topological polar surface area (TPSA) is 95.5 Å². The molecule has 0 aromatic rings. The molecule has 18 heavy (non-hydrogen) atoms. The van der Waals surface area contributed by atoms with E-state index in [1.54, 1.807) is 0 Å². The summed E-state index contributed by atoms with van der Waals surface area (Å²) in [7, 11) is 0. The third kappa shape index (κ3) is 4.73. The molecule has 0 heterocycles. The fraction of sp³-hybridized carbons (Fsp3) is 0.750. The van der Waals surface area contributed by atoms with Crippen molar-refractivity contribution in [1.82, 2.24) is 10.6 Å². The lowest BCUT2D eigenvalue weighted by Crippen LogP contribution is -2.38. The summed E-state index contributed by atoms with van der Waals surface area (Å²) in [6.07, 6.45) is 2.39. The van der Waals surface area contributed by atoms with Crippen molar-refractivity contribution in [3.05, 3.63) is 0 Å². The molecule has 0 saturated heterocycles. The highest BCUT2D eigenvalue weighted by Gasteiger charge is 2.29. The van der Waals surface area contributed by atoms with Crippen molar-refractivity contribution < 1.29 is 19.5 Å². The normalized spacial score (nSPS) is 23.2. The van der Waals surface area contributed by atoms with E-state index in [0.717, 1.165) is 0 Å². The number of hydrogen-bond acceptors (Lipinski definition) is 3. The first kappa shape index (κ1) is 14.5. The van der Waals surface area contributed by atoms with E-state index in [-0.39, 0.29) is 23.7 Å². The van der Waals surface area contributed by atoms with Gasteiger partial charge in [-0.1, -0.05) is 0 Å². The Bertz CT molecular complexity index is 322. The van der Waals surface area contributed by atoms with Crippen molar-refractivity contribution in [3.63, 3.8) is 0 Å². The summed E-state index contributed by atoms with van der Waals surface area (Å²) < 4.78 is 0. The van der Waals surface area contributed by atoms with Gasteiger partial charge in [0.2, 0.25) is 11.8 Å². The second-order valence-corrected chi connectivity index (χ2v) is 4.66. The summed E-state index contributed by atoms with van der Waals surface area (Å²) in [6.45, 7) is 2.26. The number of carboxylic acid groups (broad SMARTS) is 1. The molecule has 0 bridgehead atoms. The molecule has 6 heteroatoms. The lowest BCUT2D eigenvalue weighted by atomic mass is 9.81. The summed E-state index contributed by atoms with van der Waals surface area (Å²) in [6, 6.07) is 0. The highest BCUT2D eigenvalue weighted by atomic mass is 16.4. The SMILES string of the molecule is CC(=O)NCCNC(=O)C1CCC(C(=O)O)CC1. The van der Waals surface area contributed by atoms with Gasteiger partial charge >= 0.3 is 5.97 Å². The Labute approximate surface area is 106 Å². The fourth-order valence-electron chi connectivity index (χ4n) is 2.17. The maximum Gasteiger partial charge on any atom is 0.306 e. The lowest BCUT2D eigenvalue weighted by molar-refractivity contribution is -0.144. The van der Waals surface area contributed by atoms with E-state index in [1.165, 1.54) is 6.92 Å². The first-order valence-corrected chi connectivity index (χ1v) is 6.25. The molecule has 1 fully saturated rings. The van der Waals surface area contributed by atoms with Crippen LogP contribution in [-0.4, -0.2) is 36.0 Å². The molecule has 3 N–H and O–H groups in total. The van der Waals surface area contributed by atoms with Crippen LogP contribution < -0.4 is 10.6 Å². The second-order valence-electron chi connectivity index (χ2n) is 4.66. The van der Waals surface area contributed by atoms with Crippen molar-refractivity contribution >= 4 is 17.8 Å². The zero-order chi connectivity index (χ0) is 13.5. The molecule has 1 aliphatic carbocycles. The van der Waals surface area contributed by atoms with Gasteiger partial charge in [0.15, 0.2) is 0 Å². The van der Waals surface area contributed by atoms with Crippen molar-refractivity contribution in [2.45, 2.75) is 32.6 Å². The van der Waals surface area contributed by atoms with E-state index in [0.29, 0.717) is 38.8 Å². The number of aliphatic carboxylic acids is 1. The van der Waals surface area contributed by atoms with E-state index < -0.39 is 5.97 Å². The van der Waals surface area contributed by atoms with Crippen LogP contribution in [-0.2, 0) is 14.4 Å². The average Bonchev–Trinajstić information content (AvgIpc) is 2.34. The lowest BCUT2D eigenvalue weighted by Gasteiger charge is -2.25.